The molecular weight excluding hydrogens is 312 g/mol. The Bertz CT molecular complexity index is 1020. The number of carbonyl (C=O) groups is 1. The van der Waals surface area contributed by atoms with Crippen molar-refractivity contribution in [3.05, 3.63) is 41.8 Å². The van der Waals surface area contributed by atoms with Gasteiger partial charge in [0.15, 0.2) is 0 Å². The molecule has 4 aromatic rings. The summed E-state index contributed by atoms with van der Waals surface area (Å²) in [6, 6.07) is 5.95. The number of aromatic amines is 1. The van der Waals surface area contributed by atoms with E-state index in [1.165, 1.54) is 6.33 Å². The SMILES string of the molecule is CCOC(=O)c1c[nH]c2ncnc(-c3ccc4scnc4c3)c12. The second kappa shape index (κ2) is 5.44. The Kier molecular flexibility index (Phi) is 3.27. The Morgan fingerprint density at radius 3 is 3.09 bits per heavy atom. The summed E-state index contributed by atoms with van der Waals surface area (Å²) >= 11 is 1.59. The number of nitrogens with zero attached hydrogens (tertiary/aromatic N) is 3. The number of carbonyl (C=O) groups excluding carboxylic acids is 1. The number of thiazole rings is 1. The van der Waals surface area contributed by atoms with E-state index in [1.54, 1.807) is 24.5 Å². The standard InChI is InChI=1S/C16H12N4O2S/c1-2-22-16(21)10-6-17-15-13(10)14(18-7-19-15)9-3-4-12-11(5-9)20-8-23-12/h3-8H,2H2,1H3,(H,17,18,19). The molecule has 4 rings (SSSR count). The normalized spacial score (nSPS) is 11.2. The van der Waals surface area contributed by atoms with Crippen LogP contribution in [0.2, 0.25) is 0 Å². The molecule has 0 fully saturated rings. The predicted molar refractivity (Wildman–Crippen MR) is 88.5 cm³/mol. The molecule has 0 saturated carbocycles. The van der Waals surface area contributed by atoms with Gasteiger partial charge in [0, 0.05) is 11.8 Å². The van der Waals surface area contributed by atoms with E-state index in [4.69, 9.17) is 4.74 Å². The molecule has 0 aliphatic carbocycles. The highest BCUT2D eigenvalue weighted by Crippen LogP contribution is 2.31. The number of hydrogen-bond donors (Lipinski definition) is 1. The lowest BCUT2D eigenvalue weighted by atomic mass is 10.1. The largest absolute Gasteiger partial charge is 0.462 e. The summed E-state index contributed by atoms with van der Waals surface area (Å²) in [6.07, 6.45) is 3.09. The van der Waals surface area contributed by atoms with E-state index in [9.17, 15) is 4.79 Å². The number of H-pyrrole nitrogens is 1. The zero-order valence-corrected chi connectivity index (χ0v) is 13.1. The van der Waals surface area contributed by atoms with Gasteiger partial charge in [0.1, 0.15) is 12.0 Å². The van der Waals surface area contributed by atoms with Gasteiger partial charge in [-0.2, -0.15) is 0 Å². The third kappa shape index (κ3) is 2.25. The predicted octanol–water partition coefficient (Wildman–Crippen LogP) is 3.41. The maximum absolute atomic E-state index is 12.2. The molecule has 3 aromatic heterocycles. The van der Waals surface area contributed by atoms with Crippen molar-refractivity contribution in [1.82, 2.24) is 19.9 Å². The van der Waals surface area contributed by atoms with Crippen molar-refractivity contribution in [1.29, 1.82) is 0 Å². The van der Waals surface area contributed by atoms with Crippen LogP contribution < -0.4 is 0 Å². The average Bonchev–Trinajstić information content (AvgIpc) is 3.20. The Morgan fingerprint density at radius 2 is 2.22 bits per heavy atom. The molecule has 1 N–H and O–H groups in total. The number of nitrogens with one attached hydrogen (secondary N) is 1. The highest BCUT2D eigenvalue weighted by molar-refractivity contribution is 7.16. The third-order valence-corrected chi connectivity index (χ3v) is 4.38. The Hall–Kier alpha value is -2.80. The van der Waals surface area contributed by atoms with Crippen molar-refractivity contribution in [2.75, 3.05) is 6.61 Å². The number of rotatable bonds is 3. The number of hydrogen-bond acceptors (Lipinski definition) is 6. The van der Waals surface area contributed by atoms with Crippen LogP contribution in [0, 0.1) is 0 Å². The molecule has 7 heteroatoms. The number of esters is 1. The maximum atomic E-state index is 12.2. The van der Waals surface area contributed by atoms with E-state index >= 15 is 0 Å². The fourth-order valence-corrected chi connectivity index (χ4v) is 3.22. The highest BCUT2D eigenvalue weighted by Gasteiger charge is 2.19. The Morgan fingerprint density at radius 1 is 1.30 bits per heavy atom. The molecule has 0 amide bonds. The van der Waals surface area contributed by atoms with Gasteiger partial charge in [0.25, 0.3) is 0 Å². The maximum Gasteiger partial charge on any atom is 0.340 e. The van der Waals surface area contributed by atoms with Gasteiger partial charge in [-0.25, -0.2) is 19.7 Å². The Balaban J connectivity index is 1.95. The van der Waals surface area contributed by atoms with Crippen molar-refractivity contribution in [2.24, 2.45) is 0 Å². The van der Waals surface area contributed by atoms with Crippen molar-refractivity contribution >= 4 is 38.6 Å². The molecule has 0 bridgehead atoms. The van der Waals surface area contributed by atoms with Gasteiger partial charge in [-0.1, -0.05) is 6.07 Å². The van der Waals surface area contributed by atoms with Gasteiger partial charge in [0.05, 0.1) is 39.0 Å². The van der Waals surface area contributed by atoms with Gasteiger partial charge in [-0.15, -0.1) is 11.3 Å². The van der Waals surface area contributed by atoms with Gasteiger partial charge >= 0.3 is 5.97 Å². The number of benzene rings is 1. The minimum absolute atomic E-state index is 0.319. The topological polar surface area (TPSA) is 80.8 Å². The van der Waals surface area contributed by atoms with Gasteiger partial charge in [-0.3, -0.25) is 0 Å². The van der Waals surface area contributed by atoms with Crippen molar-refractivity contribution < 1.29 is 9.53 Å². The molecular formula is C16H12N4O2S. The number of aromatic nitrogens is 4. The van der Waals surface area contributed by atoms with Crippen LogP contribution in [0.25, 0.3) is 32.5 Å². The number of fused-ring (bicyclic) bond motifs is 2. The molecule has 0 unspecified atom stereocenters. The summed E-state index contributed by atoms with van der Waals surface area (Å²) in [5.41, 5.74) is 5.35. The first-order valence-corrected chi connectivity index (χ1v) is 7.98. The zero-order valence-electron chi connectivity index (χ0n) is 12.2. The zero-order chi connectivity index (χ0) is 15.8. The Labute approximate surface area is 135 Å². The molecule has 1 aromatic carbocycles. The summed E-state index contributed by atoms with van der Waals surface area (Å²) < 4.78 is 6.23. The molecule has 0 atom stereocenters. The highest BCUT2D eigenvalue weighted by atomic mass is 32.1. The molecule has 0 aliphatic heterocycles. The second-order valence-electron chi connectivity index (χ2n) is 4.90. The molecule has 6 nitrogen and oxygen atoms in total. The lowest BCUT2D eigenvalue weighted by Gasteiger charge is -2.05. The minimum atomic E-state index is -0.385. The molecule has 0 aliphatic rings. The first kappa shape index (κ1) is 13.8. The molecule has 0 saturated heterocycles. The first-order valence-electron chi connectivity index (χ1n) is 7.10. The van der Waals surface area contributed by atoms with Crippen LogP contribution in [0.4, 0.5) is 0 Å². The van der Waals surface area contributed by atoms with Gasteiger partial charge in [0.2, 0.25) is 0 Å². The van der Waals surface area contributed by atoms with Crippen LogP contribution in [0.1, 0.15) is 17.3 Å². The van der Waals surface area contributed by atoms with Crippen molar-refractivity contribution in [2.45, 2.75) is 6.92 Å². The van der Waals surface area contributed by atoms with E-state index in [2.05, 4.69) is 19.9 Å². The molecule has 0 radical (unpaired) electrons. The lowest BCUT2D eigenvalue weighted by molar-refractivity contribution is 0.0528. The van der Waals surface area contributed by atoms with E-state index in [0.29, 0.717) is 28.9 Å². The molecule has 3 heterocycles. The smallest absolute Gasteiger partial charge is 0.340 e. The third-order valence-electron chi connectivity index (χ3n) is 3.57. The van der Waals surface area contributed by atoms with Crippen LogP contribution in [0.5, 0.6) is 0 Å². The fourth-order valence-electron chi connectivity index (χ4n) is 2.56. The monoisotopic (exact) mass is 324 g/mol. The van der Waals surface area contributed by atoms with Gasteiger partial charge < -0.3 is 9.72 Å². The minimum Gasteiger partial charge on any atom is -0.462 e. The van der Waals surface area contributed by atoms with E-state index in [-0.39, 0.29) is 5.97 Å². The van der Waals surface area contributed by atoms with Crippen LogP contribution in [0.3, 0.4) is 0 Å². The van der Waals surface area contributed by atoms with Crippen LogP contribution >= 0.6 is 11.3 Å². The summed E-state index contributed by atoms with van der Waals surface area (Å²) in [4.78, 5) is 28.1. The quantitative estimate of drug-likeness (QED) is 0.584. The summed E-state index contributed by atoms with van der Waals surface area (Å²) in [7, 11) is 0. The van der Waals surface area contributed by atoms with Crippen LogP contribution in [0.15, 0.2) is 36.2 Å². The lowest BCUT2D eigenvalue weighted by Crippen LogP contribution is -2.04. The average molecular weight is 324 g/mol. The van der Waals surface area contributed by atoms with Crippen LogP contribution in [-0.4, -0.2) is 32.5 Å². The summed E-state index contributed by atoms with van der Waals surface area (Å²) in [6.45, 7) is 2.10. The second-order valence-corrected chi connectivity index (χ2v) is 5.79. The summed E-state index contributed by atoms with van der Waals surface area (Å²) in [5.74, 6) is -0.385. The van der Waals surface area contributed by atoms with E-state index < -0.39 is 0 Å². The van der Waals surface area contributed by atoms with Crippen LogP contribution in [-0.2, 0) is 4.74 Å². The molecule has 114 valence electrons. The van der Waals surface area contributed by atoms with Gasteiger partial charge in [-0.05, 0) is 19.1 Å². The van der Waals surface area contributed by atoms with Crippen molar-refractivity contribution in [3.8, 4) is 11.3 Å². The number of ether oxygens (including phenoxy) is 1. The van der Waals surface area contributed by atoms with Crippen molar-refractivity contribution in [3.63, 3.8) is 0 Å². The first-order chi connectivity index (χ1) is 11.3. The molecule has 23 heavy (non-hydrogen) atoms. The molecule has 0 spiro atoms. The summed E-state index contributed by atoms with van der Waals surface area (Å²) in [5, 5.41) is 0.667. The van der Waals surface area contributed by atoms with E-state index in [1.807, 2.05) is 23.7 Å². The van der Waals surface area contributed by atoms with E-state index in [0.717, 1.165) is 15.8 Å². The fraction of sp³-hybridized carbons (Fsp3) is 0.125.